The Bertz CT molecular complexity index is 609. The number of aliphatic hydroxyl groups is 5. The lowest BCUT2D eigenvalue weighted by Crippen LogP contribution is -2.35. The highest BCUT2D eigenvalue weighted by Crippen LogP contribution is 2.25. The molecule has 4 atom stereocenters. The number of rotatable bonds is 5. The Morgan fingerprint density at radius 3 is 2.04 bits per heavy atom. The van der Waals surface area contributed by atoms with Crippen LogP contribution in [0.4, 0.5) is 0 Å². The average Bonchev–Trinajstić information content (AvgIpc) is 2.97. The summed E-state index contributed by atoms with van der Waals surface area (Å²) in [5, 5.41) is 46.1. The molecule has 2 aliphatic rings. The molecule has 126 valence electrons. The van der Waals surface area contributed by atoms with Crippen molar-refractivity contribution < 1.29 is 49.4 Å². The van der Waals surface area contributed by atoms with Gasteiger partial charge in [-0.1, -0.05) is 0 Å². The minimum Gasteiger partial charge on any atom is -0.506 e. The molecule has 1 fully saturated rings. The van der Waals surface area contributed by atoms with Gasteiger partial charge in [-0.15, -0.1) is 0 Å². The van der Waals surface area contributed by atoms with E-state index in [1.807, 2.05) is 0 Å². The van der Waals surface area contributed by atoms with Crippen LogP contribution in [0.2, 0.25) is 0 Å². The highest BCUT2D eigenvalue weighted by molar-refractivity contribution is 6.68. The standard InChI is InChI=1S/C12H13NO10/c14-1-3(16)9-7(18)5(11(20)22-9)13-6-8(19)10(4(17)2-15)23-12(6)21/h3-4,9-10,14-18H,1-2H2. The number of nitrogens with zero attached hydrogens (tertiary/aromatic N) is 1. The lowest BCUT2D eigenvalue weighted by Gasteiger charge is -2.14. The minimum atomic E-state index is -1.68. The summed E-state index contributed by atoms with van der Waals surface area (Å²) >= 11 is 0. The SMILES string of the molecule is O=C1OC(C(O)CO)C(=O)C1=NC1=C(O)C(C(O)CO)OC1=O. The Morgan fingerprint density at radius 2 is 1.48 bits per heavy atom. The molecule has 0 aromatic heterocycles. The van der Waals surface area contributed by atoms with E-state index in [2.05, 4.69) is 14.5 Å². The van der Waals surface area contributed by atoms with E-state index in [1.54, 1.807) is 0 Å². The van der Waals surface area contributed by atoms with Crippen LogP contribution in [0.15, 0.2) is 16.4 Å². The van der Waals surface area contributed by atoms with Crippen LogP contribution >= 0.6 is 0 Å². The summed E-state index contributed by atoms with van der Waals surface area (Å²) in [5.74, 6) is -4.43. The Labute approximate surface area is 128 Å². The van der Waals surface area contributed by atoms with Crippen LogP contribution in [-0.4, -0.2) is 86.6 Å². The molecule has 0 bridgehead atoms. The van der Waals surface area contributed by atoms with Gasteiger partial charge in [-0.2, -0.15) is 0 Å². The summed E-state index contributed by atoms with van der Waals surface area (Å²) in [6, 6.07) is 0. The van der Waals surface area contributed by atoms with Crippen molar-refractivity contribution in [3.63, 3.8) is 0 Å². The second-order valence-electron chi connectivity index (χ2n) is 4.71. The highest BCUT2D eigenvalue weighted by atomic mass is 16.6. The molecule has 0 aromatic carbocycles. The van der Waals surface area contributed by atoms with Gasteiger partial charge in [-0.3, -0.25) is 4.79 Å². The zero-order valence-corrected chi connectivity index (χ0v) is 11.4. The fraction of sp³-hybridized carbons (Fsp3) is 0.500. The molecule has 0 saturated carbocycles. The molecule has 11 nitrogen and oxygen atoms in total. The molecule has 0 aliphatic carbocycles. The van der Waals surface area contributed by atoms with Crippen LogP contribution in [0.25, 0.3) is 0 Å². The summed E-state index contributed by atoms with van der Waals surface area (Å²) in [4.78, 5) is 38.5. The first kappa shape index (κ1) is 17.0. The maximum Gasteiger partial charge on any atom is 0.361 e. The van der Waals surface area contributed by atoms with Gasteiger partial charge in [0.1, 0.15) is 12.2 Å². The number of Topliss-reactive ketones (excluding diaryl/α,β-unsaturated/α-hetero) is 1. The maximum absolute atomic E-state index is 11.9. The molecule has 2 heterocycles. The number of aliphatic imine (C=N–C) groups is 1. The quantitative estimate of drug-likeness (QED) is 0.314. The van der Waals surface area contributed by atoms with Crippen molar-refractivity contribution in [2.45, 2.75) is 24.4 Å². The average molecular weight is 331 g/mol. The number of aliphatic hydroxyl groups excluding tert-OH is 5. The second kappa shape index (κ2) is 6.42. The van der Waals surface area contributed by atoms with Gasteiger partial charge >= 0.3 is 11.9 Å². The van der Waals surface area contributed by atoms with Gasteiger partial charge in [0.2, 0.25) is 5.78 Å². The van der Waals surface area contributed by atoms with Crippen LogP contribution in [-0.2, 0) is 23.9 Å². The summed E-state index contributed by atoms with van der Waals surface area (Å²) in [5.41, 5.74) is -1.68. The maximum atomic E-state index is 11.9. The minimum absolute atomic E-state index is 0.804. The smallest absolute Gasteiger partial charge is 0.361 e. The van der Waals surface area contributed by atoms with E-state index in [-0.39, 0.29) is 0 Å². The van der Waals surface area contributed by atoms with Crippen molar-refractivity contribution in [1.82, 2.24) is 0 Å². The Morgan fingerprint density at radius 1 is 0.957 bits per heavy atom. The number of carbonyl (C=O) groups is 3. The van der Waals surface area contributed by atoms with Gasteiger partial charge < -0.3 is 35.0 Å². The largest absolute Gasteiger partial charge is 0.506 e. The molecule has 2 rings (SSSR count). The van der Waals surface area contributed by atoms with Gasteiger partial charge in [0, 0.05) is 0 Å². The molecule has 5 N–H and O–H groups in total. The Kier molecular flexibility index (Phi) is 4.75. The molecule has 4 unspecified atom stereocenters. The van der Waals surface area contributed by atoms with Crippen LogP contribution < -0.4 is 0 Å². The molecule has 0 aromatic rings. The first-order chi connectivity index (χ1) is 10.8. The van der Waals surface area contributed by atoms with E-state index >= 15 is 0 Å². The molecule has 0 radical (unpaired) electrons. The Hall–Kier alpha value is -2.34. The monoisotopic (exact) mass is 331 g/mol. The van der Waals surface area contributed by atoms with Crippen LogP contribution in [0.3, 0.4) is 0 Å². The third kappa shape index (κ3) is 2.94. The van der Waals surface area contributed by atoms with Crippen LogP contribution in [0, 0.1) is 0 Å². The number of hydrogen-bond acceptors (Lipinski definition) is 11. The summed E-state index contributed by atoms with van der Waals surface area (Å²) < 4.78 is 9.12. The van der Waals surface area contributed by atoms with Gasteiger partial charge in [0.05, 0.1) is 13.2 Å². The number of hydrogen-bond donors (Lipinski definition) is 5. The normalized spacial score (nSPS) is 29.0. The fourth-order valence-electron chi connectivity index (χ4n) is 1.95. The molecule has 11 heteroatoms. The lowest BCUT2D eigenvalue weighted by atomic mass is 10.1. The number of ether oxygens (including phenoxy) is 2. The molecular weight excluding hydrogens is 318 g/mol. The Balaban J connectivity index is 2.34. The first-order valence-corrected chi connectivity index (χ1v) is 6.37. The topological polar surface area (TPSA) is 183 Å². The zero-order chi connectivity index (χ0) is 17.3. The summed E-state index contributed by atoms with van der Waals surface area (Å²) in [6.45, 7) is -1.67. The fourth-order valence-corrected chi connectivity index (χ4v) is 1.95. The van der Waals surface area contributed by atoms with Gasteiger partial charge in [-0.05, 0) is 0 Å². The van der Waals surface area contributed by atoms with E-state index in [0.717, 1.165) is 0 Å². The van der Waals surface area contributed by atoms with Gasteiger partial charge in [0.15, 0.2) is 29.4 Å². The van der Waals surface area contributed by atoms with Crippen LogP contribution in [0.5, 0.6) is 0 Å². The molecule has 23 heavy (non-hydrogen) atoms. The molecule has 0 spiro atoms. The van der Waals surface area contributed by atoms with E-state index in [4.69, 9.17) is 10.2 Å². The van der Waals surface area contributed by atoms with E-state index in [0.29, 0.717) is 0 Å². The third-order valence-corrected chi connectivity index (χ3v) is 3.16. The van der Waals surface area contributed by atoms with Crippen molar-refractivity contribution >= 4 is 23.4 Å². The van der Waals surface area contributed by atoms with E-state index in [1.165, 1.54) is 0 Å². The summed E-state index contributed by atoms with van der Waals surface area (Å²) in [6.07, 6.45) is -6.54. The van der Waals surface area contributed by atoms with Crippen LogP contribution in [0.1, 0.15) is 0 Å². The number of ketones is 1. The van der Waals surface area contributed by atoms with Gasteiger partial charge in [0.25, 0.3) is 0 Å². The number of cyclic esters (lactones) is 2. The molecule has 1 saturated heterocycles. The molecule has 2 aliphatic heterocycles. The molecule has 0 amide bonds. The van der Waals surface area contributed by atoms with Crippen molar-refractivity contribution in [3.05, 3.63) is 11.5 Å². The van der Waals surface area contributed by atoms with Crippen molar-refractivity contribution in [2.75, 3.05) is 13.2 Å². The number of carbonyl (C=O) groups excluding carboxylic acids is 3. The predicted octanol–water partition coefficient (Wildman–Crippen LogP) is -3.68. The summed E-state index contributed by atoms with van der Waals surface area (Å²) in [7, 11) is 0. The number of esters is 2. The van der Waals surface area contributed by atoms with Crippen molar-refractivity contribution in [1.29, 1.82) is 0 Å². The highest BCUT2D eigenvalue weighted by Gasteiger charge is 2.46. The van der Waals surface area contributed by atoms with Crippen molar-refractivity contribution in [3.8, 4) is 0 Å². The molecular formula is C12H13NO10. The second-order valence-corrected chi connectivity index (χ2v) is 4.71. The third-order valence-electron chi connectivity index (χ3n) is 3.16. The lowest BCUT2D eigenvalue weighted by molar-refractivity contribution is -0.147. The van der Waals surface area contributed by atoms with E-state index < -0.39 is 72.5 Å². The zero-order valence-electron chi connectivity index (χ0n) is 11.4. The van der Waals surface area contributed by atoms with E-state index in [9.17, 15) is 29.7 Å². The first-order valence-electron chi connectivity index (χ1n) is 6.37. The predicted molar refractivity (Wildman–Crippen MR) is 68.0 cm³/mol. The van der Waals surface area contributed by atoms with Gasteiger partial charge in [-0.25, -0.2) is 14.6 Å². The van der Waals surface area contributed by atoms with Crippen molar-refractivity contribution in [2.24, 2.45) is 4.99 Å².